The van der Waals surface area contributed by atoms with E-state index in [-0.39, 0.29) is 18.0 Å². The standard InChI is InChI=1S/C14H18N4O/c1-9-7-15-8-10(2)18(9)14(19)13-11-5-3-4-6-12(11)16-17-13/h3-6,9-10,15H,7-8H2,1-2H3,(H,16,17). The summed E-state index contributed by atoms with van der Waals surface area (Å²) in [5.41, 5.74) is 1.43. The number of amides is 1. The zero-order chi connectivity index (χ0) is 13.4. The third-order valence-corrected chi connectivity index (χ3v) is 3.74. The molecule has 1 aromatic carbocycles. The Morgan fingerprint density at radius 1 is 1.26 bits per heavy atom. The summed E-state index contributed by atoms with van der Waals surface area (Å²) in [4.78, 5) is 14.6. The number of fused-ring (bicyclic) bond motifs is 1. The molecule has 100 valence electrons. The number of carbonyl (C=O) groups is 1. The molecule has 1 aliphatic heterocycles. The van der Waals surface area contributed by atoms with Gasteiger partial charge in [0.25, 0.3) is 5.91 Å². The lowest BCUT2D eigenvalue weighted by atomic mass is 10.1. The highest BCUT2D eigenvalue weighted by Crippen LogP contribution is 2.20. The summed E-state index contributed by atoms with van der Waals surface area (Å²) >= 11 is 0. The van der Waals surface area contributed by atoms with Crippen molar-refractivity contribution in [2.75, 3.05) is 13.1 Å². The fourth-order valence-electron chi connectivity index (χ4n) is 2.78. The first-order valence-electron chi connectivity index (χ1n) is 6.65. The molecule has 2 unspecified atom stereocenters. The molecule has 5 nitrogen and oxygen atoms in total. The van der Waals surface area contributed by atoms with Gasteiger partial charge in [-0.05, 0) is 19.9 Å². The van der Waals surface area contributed by atoms with Gasteiger partial charge in [-0.1, -0.05) is 18.2 Å². The van der Waals surface area contributed by atoms with Crippen molar-refractivity contribution < 1.29 is 4.79 Å². The van der Waals surface area contributed by atoms with E-state index in [9.17, 15) is 4.79 Å². The van der Waals surface area contributed by atoms with Crippen LogP contribution in [0.4, 0.5) is 0 Å². The van der Waals surface area contributed by atoms with E-state index in [1.165, 1.54) is 0 Å². The quantitative estimate of drug-likeness (QED) is 0.812. The van der Waals surface area contributed by atoms with Crippen molar-refractivity contribution in [2.45, 2.75) is 25.9 Å². The molecule has 3 rings (SSSR count). The molecule has 1 amide bonds. The van der Waals surface area contributed by atoms with E-state index < -0.39 is 0 Å². The number of carbonyl (C=O) groups excluding carboxylic acids is 1. The second-order valence-corrected chi connectivity index (χ2v) is 5.19. The fraction of sp³-hybridized carbons (Fsp3) is 0.429. The fourth-order valence-corrected chi connectivity index (χ4v) is 2.78. The number of aromatic nitrogens is 2. The van der Waals surface area contributed by atoms with Gasteiger partial charge in [0.15, 0.2) is 5.69 Å². The number of piperazine rings is 1. The molecule has 1 aliphatic rings. The van der Waals surface area contributed by atoms with Crippen molar-refractivity contribution in [1.82, 2.24) is 20.4 Å². The third kappa shape index (κ3) is 2.00. The molecule has 2 N–H and O–H groups in total. The number of benzene rings is 1. The number of hydrogen-bond acceptors (Lipinski definition) is 3. The van der Waals surface area contributed by atoms with Crippen LogP contribution < -0.4 is 5.32 Å². The average molecular weight is 258 g/mol. The van der Waals surface area contributed by atoms with Crippen LogP contribution in [0, 0.1) is 0 Å². The maximum atomic E-state index is 12.7. The Morgan fingerprint density at radius 3 is 2.68 bits per heavy atom. The van der Waals surface area contributed by atoms with Crippen LogP contribution >= 0.6 is 0 Å². The van der Waals surface area contributed by atoms with Gasteiger partial charge in [-0.2, -0.15) is 5.10 Å². The summed E-state index contributed by atoms with van der Waals surface area (Å²) in [6.07, 6.45) is 0. The van der Waals surface area contributed by atoms with Gasteiger partial charge in [0.1, 0.15) is 0 Å². The molecule has 0 radical (unpaired) electrons. The second-order valence-electron chi connectivity index (χ2n) is 5.19. The molecule has 2 aromatic rings. The molecule has 1 aromatic heterocycles. The number of H-pyrrole nitrogens is 1. The summed E-state index contributed by atoms with van der Waals surface area (Å²) < 4.78 is 0. The summed E-state index contributed by atoms with van der Waals surface area (Å²) in [7, 11) is 0. The number of hydrogen-bond donors (Lipinski definition) is 2. The van der Waals surface area contributed by atoms with E-state index in [0.29, 0.717) is 5.69 Å². The molecular formula is C14H18N4O. The van der Waals surface area contributed by atoms with Crippen molar-refractivity contribution in [3.8, 4) is 0 Å². The Morgan fingerprint density at radius 2 is 1.95 bits per heavy atom. The second kappa shape index (κ2) is 4.66. The van der Waals surface area contributed by atoms with Gasteiger partial charge < -0.3 is 10.2 Å². The van der Waals surface area contributed by atoms with Gasteiger partial charge in [-0.15, -0.1) is 0 Å². The number of nitrogens with zero attached hydrogens (tertiary/aromatic N) is 2. The van der Waals surface area contributed by atoms with Gasteiger partial charge in [-0.3, -0.25) is 9.89 Å². The number of aromatic amines is 1. The highest BCUT2D eigenvalue weighted by atomic mass is 16.2. The molecule has 2 heterocycles. The first-order chi connectivity index (χ1) is 9.18. The van der Waals surface area contributed by atoms with Gasteiger partial charge in [0.2, 0.25) is 0 Å². The van der Waals surface area contributed by atoms with Crippen molar-refractivity contribution in [2.24, 2.45) is 0 Å². The van der Waals surface area contributed by atoms with E-state index in [1.807, 2.05) is 29.2 Å². The van der Waals surface area contributed by atoms with Crippen molar-refractivity contribution in [1.29, 1.82) is 0 Å². The average Bonchev–Trinajstić information content (AvgIpc) is 2.82. The summed E-state index contributed by atoms with van der Waals surface area (Å²) in [6.45, 7) is 5.79. The van der Waals surface area contributed by atoms with Crippen LogP contribution in [0.5, 0.6) is 0 Å². The zero-order valence-corrected chi connectivity index (χ0v) is 11.2. The number of para-hydroxylation sites is 1. The first-order valence-corrected chi connectivity index (χ1v) is 6.65. The minimum Gasteiger partial charge on any atom is -0.329 e. The third-order valence-electron chi connectivity index (χ3n) is 3.74. The molecule has 1 saturated heterocycles. The van der Waals surface area contributed by atoms with Gasteiger partial charge in [0.05, 0.1) is 5.52 Å². The van der Waals surface area contributed by atoms with Crippen molar-refractivity contribution in [3.05, 3.63) is 30.0 Å². The van der Waals surface area contributed by atoms with Crippen LogP contribution in [0.25, 0.3) is 10.9 Å². The van der Waals surface area contributed by atoms with E-state index in [0.717, 1.165) is 24.0 Å². The normalized spacial score (nSPS) is 23.8. The minimum atomic E-state index is 0.0129. The molecule has 0 aliphatic carbocycles. The molecule has 1 fully saturated rings. The highest BCUT2D eigenvalue weighted by Gasteiger charge is 2.31. The maximum Gasteiger partial charge on any atom is 0.275 e. The lowest BCUT2D eigenvalue weighted by molar-refractivity contribution is 0.0540. The molecule has 5 heteroatoms. The van der Waals surface area contributed by atoms with Gasteiger partial charge in [0, 0.05) is 30.6 Å². The summed E-state index contributed by atoms with van der Waals surface area (Å²) in [5.74, 6) is 0.0129. The monoisotopic (exact) mass is 258 g/mol. The Labute approximate surface area is 112 Å². The lowest BCUT2D eigenvalue weighted by Gasteiger charge is -2.39. The summed E-state index contributed by atoms with van der Waals surface area (Å²) in [6, 6.07) is 8.11. The van der Waals surface area contributed by atoms with Crippen LogP contribution in [0.1, 0.15) is 24.3 Å². The SMILES string of the molecule is CC1CNCC(C)N1C(=O)c1n[nH]c2ccccc12. The molecule has 0 spiro atoms. The van der Waals surface area contributed by atoms with Gasteiger partial charge >= 0.3 is 0 Å². The lowest BCUT2D eigenvalue weighted by Crippen LogP contribution is -2.57. The van der Waals surface area contributed by atoms with Crippen molar-refractivity contribution >= 4 is 16.8 Å². The van der Waals surface area contributed by atoms with Gasteiger partial charge in [-0.25, -0.2) is 0 Å². The maximum absolute atomic E-state index is 12.7. The first kappa shape index (κ1) is 12.2. The smallest absolute Gasteiger partial charge is 0.275 e. The molecule has 0 bridgehead atoms. The van der Waals surface area contributed by atoms with Crippen LogP contribution in [0.2, 0.25) is 0 Å². The molecular weight excluding hydrogens is 240 g/mol. The Balaban J connectivity index is 1.99. The number of nitrogens with one attached hydrogen (secondary N) is 2. The Bertz CT molecular complexity index is 596. The molecule has 2 atom stereocenters. The van der Waals surface area contributed by atoms with Crippen LogP contribution in [0.15, 0.2) is 24.3 Å². The minimum absolute atomic E-state index is 0.0129. The predicted octanol–water partition coefficient (Wildman–Crippen LogP) is 1.39. The Kier molecular flexibility index (Phi) is 2.98. The zero-order valence-electron chi connectivity index (χ0n) is 11.2. The highest BCUT2D eigenvalue weighted by molar-refractivity contribution is 6.04. The van der Waals surface area contributed by atoms with E-state index in [1.54, 1.807) is 0 Å². The van der Waals surface area contributed by atoms with Crippen LogP contribution in [0.3, 0.4) is 0 Å². The molecule has 0 saturated carbocycles. The van der Waals surface area contributed by atoms with Crippen molar-refractivity contribution in [3.63, 3.8) is 0 Å². The van der Waals surface area contributed by atoms with Crippen LogP contribution in [-0.2, 0) is 0 Å². The van der Waals surface area contributed by atoms with E-state index in [4.69, 9.17) is 0 Å². The predicted molar refractivity (Wildman–Crippen MR) is 74.1 cm³/mol. The number of rotatable bonds is 1. The summed E-state index contributed by atoms with van der Waals surface area (Å²) in [5, 5.41) is 11.4. The Hall–Kier alpha value is -1.88. The largest absolute Gasteiger partial charge is 0.329 e. The topological polar surface area (TPSA) is 61.0 Å². The molecule has 19 heavy (non-hydrogen) atoms. The van der Waals surface area contributed by atoms with Crippen LogP contribution in [-0.4, -0.2) is 46.2 Å². The van der Waals surface area contributed by atoms with E-state index in [2.05, 4.69) is 29.4 Å². The van der Waals surface area contributed by atoms with E-state index >= 15 is 0 Å².